The number of rotatable bonds is 5. The monoisotopic (exact) mass is 244 g/mol. The van der Waals surface area contributed by atoms with E-state index in [9.17, 15) is 0 Å². The Kier molecular flexibility index (Phi) is 4.55. The molecular weight excluding hydrogens is 228 g/mol. The van der Waals surface area contributed by atoms with Gasteiger partial charge >= 0.3 is 0 Å². The highest BCUT2D eigenvalue weighted by Crippen LogP contribution is 2.23. The highest BCUT2D eigenvalue weighted by atomic mass is 32.2. The number of aliphatic hydroxyl groups excluding tert-OH is 1. The molecule has 1 aromatic heterocycles. The van der Waals surface area contributed by atoms with E-state index in [-0.39, 0.29) is 6.61 Å². The van der Waals surface area contributed by atoms with Crippen molar-refractivity contribution in [1.29, 1.82) is 0 Å². The maximum absolute atomic E-state index is 8.84. The first-order valence-electron chi connectivity index (χ1n) is 5.47. The molecule has 16 heavy (non-hydrogen) atoms. The van der Waals surface area contributed by atoms with Crippen molar-refractivity contribution < 1.29 is 9.84 Å². The van der Waals surface area contributed by atoms with Crippen molar-refractivity contribution in [3.8, 4) is 0 Å². The molecule has 90 valence electrons. The Morgan fingerprint density at radius 2 is 2.25 bits per heavy atom. The van der Waals surface area contributed by atoms with E-state index in [1.165, 1.54) is 0 Å². The molecule has 0 aromatic carbocycles. The molecule has 6 nitrogen and oxygen atoms in total. The summed E-state index contributed by atoms with van der Waals surface area (Å²) < 4.78 is 6.95. The molecule has 7 heteroatoms. The second-order valence-corrected chi connectivity index (χ2v) is 4.76. The Morgan fingerprint density at radius 3 is 3.00 bits per heavy atom. The van der Waals surface area contributed by atoms with Crippen LogP contribution in [0.4, 0.5) is 0 Å². The zero-order chi connectivity index (χ0) is 11.2. The van der Waals surface area contributed by atoms with Crippen molar-refractivity contribution in [2.24, 2.45) is 5.92 Å². The van der Waals surface area contributed by atoms with Crippen molar-refractivity contribution in [1.82, 2.24) is 20.2 Å². The molecule has 0 unspecified atom stereocenters. The summed E-state index contributed by atoms with van der Waals surface area (Å²) in [7, 11) is 0. The Bertz CT molecular complexity index is 314. The van der Waals surface area contributed by atoms with E-state index >= 15 is 0 Å². The van der Waals surface area contributed by atoms with Crippen LogP contribution in [-0.4, -0.2) is 50.9 Å². The van der Waals surface area contributed by atoms with Gasteiger partial charge in [-0.2, -0.15) is 0 Å². The van der Waals surface area contributed by atoms with Crippen LogP contribution < -0.4 is 0 Å². The van der Waals surface area contributed by atoms with Gasteiger partial charge in [0, 0.05) is 19.0 Å². The third-order valence-corrected chi connectivity index (χ3v) is 3.79. The van der Waals surface area contributed by atoms with Gasteiger partial charge in [-0.05, 0) is 29.2 Å². The largest absolute Gasteiger partial charge is 0.394 e. The molecule has 0 radical (unpaired) electrons. The van der Waals surface area contributed by atoms with Gasteiger partial charge in [0.05, 0.1) is 13.2 Å². The number of aliphatic hydroxyl groups is 1. The molecule has 0 bridgehead atoms. The highest BCUT2D eigenvalue weighted by molar-refractivity contribution is 7.99. The first-order chi connectivity index (χ1) is 7.90. The maximum Gasteiger partial charge on any atom is 0.209 e. The molecule has 1 N–H and O–H groups in total. The van der Waals surface area contributed by atoms with Gasteiger partial charge in [0.2, 0.25) is 5.16 Å². The first kappa shape index (κ1) is 11.8. The van der Waals surface area contributed by atoms with Gasteiger partial charge in [-0.3, -0.25) is 0 Å². The van der Waals surface area contributed by atoms with Crippen molar-refractivity contribution in [3.63, 3.8) is 0 Å². The van der Waals surface area contributed by atoms with Crippen molar-refractivity contribution in [2.75, 3.05) is 25.6 Å². The van der Waals surface area contributed by atoms with Gasteiger partial charge in [-0.1, -0.05) is 11.8 Å². The van der Waals surface area contributed by atoms with E-state index in [4.69, 9.17) is 9.84 Å². The van der Waals surface area contributed by atoms with Crippen LogP contribution >= 0.6 is 11.8 Å². The highest BCUT2D eigenvalue weighted by Gasteiger charge is 2.15. The van der Waals surface area contributed by atoms with Gasteiger partial charge in [0.15, 0.2) is 0 Å². The number of ether oxygens (including phenoxy) is 1. The zero-order valence-electron chi connectivity index (χ0n) is 9.08. The van der Waals surface area contributed by atoms with E-state index in [0.29, 0.717) is 12.5 Å². The Labute approximate surface area is 98.4 Å². The summed E-state index contributed by atoms with van der Waals surface area (Å²) in [5, 5.41) is 21.0. The van der Waals surface area contributed by atoms with Crippen LogP contribution in [0.15, 0.2) is 5.16 Å². The van der Waals surface area contributed by atoms with Crippen LogP contribution in [0.3, 0.4) is 0 Å². The fraction of sp³-hybridized carbons (Fsp3) is 0.889. The maximum atomic E-state index is 8.84. The summed E-state index contributed by atoms with van der Waals surface area (Å²) >= 11 is 1.66. The summed E-state index contributed by atoms with van der Waals surface area (Å²) in [6.45, 7) is 2.26. The number of hydrogen-bond acceptors (Lipinski definition) is 6. The second kappa shape index (κ2) is 6.17. The first-order valence-corrected chi connectivity index (χ1v) is 6.46. The molecule has 1 saturated heterocycles. The van der Waals surface area contributed by atoms with Crippen LogP contribution in [0.1, 0.15) is 12.8 Å². The summed E-state index contributed by atoms with van der Waals surface area (Å²) in [4.78, 5) is 0. The predicted molar refractivity (Wildman–Crippen MR) is 59.2 cm³/mol. The average molecular weight is 244 g/mol. The minimum absolute atomic E-state index is 0.0653. The normalized spacial score (nSPS) is 17.8. The van der Waals surface area contributed by atoms with Crippen LogP contribution in [0.5, 0.6) is 0 Å². The third kappa shape index (κ3) is 3.16. The average Bonchev–Trinajstić information content (AvgIpc) is 2.76. The van der Waals surface area contributed by atoms with Crippen molar-refractivity contribution in [2.45, 2.75) is 24.5 Å². The molecule has 0 spiro atoms. The van der Waals surface area contributed by atoms with Crippen LogP contribution in [0.2, 0.25) is 0 Å². The minimum atomic E-state index is 0.0653. The van der Waals surface area contributed by atoms with Gasteiger partial charge < -0.3 is 9.84 Å². The molecule has 0 atom stereocenters. The third-order valence-electron chi connectivity index (χ3n) is 2.60. The van der Waals surface area contributed by atoms with E-state index in [0.717, 1.165) is 37.0 Å². The predicted octanol–water partition coefficient (Wildman–Crippen LogP) is 0.184. The molecule has 1 aliphatic rings. The fourth-order valence-electron chi connectivity index (χ4n) is 1.64. The molecule has 2 rings (SSSR count). The molecule has 0 amide bonds. The Balaban J connectivity index is 1.81. The SMILES string of the molecule is OCCn1nnnc1SCC1CCOCC1. The van der Waals surface area contributed by atoms with Gasteiger partial charge in [-0.15, -0.1) is 5.10 Å². The molecule has 0 saturated carbocycles. The molecule has 0 aliphatic carbocycles. The minimum Gasteiger partial charge on any atom is -0.394 e. The second-order valence-electron chi connectivity index (χ2n) is 3.77. The van der Waals surface area contributed by atoms with Gasteiger partial charge in [0.25, 0.3) is 0 Å². The molecule has 1 aromatic rings. The van der Waals surface area contributed by atoms with Gasteiger partial charge in [-0.25, -0.2) is 4.68 Å². The van der Waals surface area contributed by atoms with E-state index in [1.54, 1.807) is 16.4 Å². The molecule has 1 fully saturated rings. The lowest BCUT2D eigenvalue weighted by Crippen LogP contribution is -2.17. The summed E-state index contributed by atoms with van der Waals surface area (Å²) in [5.41, 5.74) is 0. The van der Waals surface area contributed by atoms with Crippen molar-refractivity contribution in [3.05, 3.63) is 0 Å². The Morgan fingerprint density at radius 1 is 1.44 bits per heavy atom. The summed E-state index contributed by atoms with van der Waals surface area (Å²) in [6, 6.07) is 0. The summed E-state index contributed by atoms with van der Waals surface area (Å²) in [6.07, 6.45) is 2.24. The number of nitrogens with zero attached hydrogens (tertiary/aromatic N) is 4. The number of aromatic nitrogens is 4. The van der Waals surface area contributed by atoms with Crippen molar-refractivity contribution >= 4 is 11.8 Å². The number of thioether (sulfide) groups is 1. The fourth-order valence-corrected chi connectivity index (χ4v) is 2.73. The summed E-state index contributed by atoms with van der Waals surface area (Å²) in [5.74, 6) is 1.72. The van der Waals surface area contributed by atoms with E-state index in [1.807, 2.05) is 0 Å². The lowest BCUT2D eigenvalue weighted by atomic mass is 10.0. The molecule has 1 aliphatic heterocycles. The number of hydrogen-bond donors (Lipinski definition) is 1. The lowest BCUT2D eigenvalue weighted by molar-refractivity contribution is 0.0727. The standard InChI is InChI=1S/C9H16N4O2S/c14-4-3-13-9(10-11-12-13)16-7-8-1-5-15-6-2-8/h8,14H,1-7H2. The van der Waals surface area contributed by atoms with Crippen LogP contribution in [0, 0.1) is 5.92 Å². The smallest absolute Gasteiger partial charge is 0.209 e. The molecular formula is C9H16N4O2S. The lowest BCUT2D eigenvalue weighted by Gasteiger charge is -2.20. The molecule has 2 heterocycles. The Hall–Kier alpha value is -0.660. The van der Waals surface area contributed by atoms with Crippen LogP contribution in [-0.2, 0) is 11.3 Å². The quantitative estimate of drug-likeness (QED) is 0.745. The number of tetrazole rings is 1. The van der Waals surface area contributed by atoms with Gasteiger partial charge in [0.1, 0.15) is 0 Å². The van der Waals surface area contributed by atoms with Crippen LogP contribution in [0.25, 0.3) is 0 Å². The topological polar surface area (TPSA) is 73.1 Å². The van der Waals surface area contributed by atoms with E-state index in [2.05, 4.69) is 15.5 Å². The zero-order valence-corrected chi connectivity index (χ0v) is 9.90. The van der Waals surface area contributed by atoms with E-state index < -0.39 is 0 Å².